The van der Waals surface area contributed by atoms with Gasteiger partial charge >= 0.3 is 0 Å². The predicted octanol–water partition coefficient (Wildman–Crippen LogP) is 3.03. The lowest BCUT2D eigenvalue weighted by Gasteiger charge is -2.17. The number of anilines is 1. The van der Waals surface area contributed by atoms with Crippen LogP contribution in [0.25, 0.3) is 0 Å². The highest BCUT2D eigenvalue weighted by Crippen LogP contribution is 1.98. The molecule has 1 aromatic carbocycles. The lowest BCUT2D eigenvalue weighted by atomic mass is 10.3. The van der Waals surface area contributed by atoms with Crippen LogP contribution < -0.4 is 10.7 Å². The van der Waals surface area contributed by atoms with Crippen LogP contribution in [0.5, 0.6) is 0 Å². The Morgan fingerprint density at radius 1 is 1.05 bits per heavy atom. The maximum absolute atomic E-state index is 11.6. The van der Waals surface area contributed by atoms with Crippen molar-refractivity contribution in [1.82, 2.24) is 4.90 Å². The number of halogens is 2. The second-order valence-electron chi connectivity index (χ2n) is 4.00. The first-order valence-corrected chi connectivity index (χ1v) is 6.33. The number of hydrogen-bond acceptors (Lipinski definition) is 3. The first-order valence-electron chi connectivity index (χ1n) is 6.33. The maximum Gasteiger partial charge on any atom is 0.201 e. The Labute approximate surface area is 128 Å². The average Bonchev–Trinajstić information content (AvgIpc) is 2.55. The summed E-state index contributed by atoms with van der Waals surface area (Å²) in [7, 11) is 0. The molecule has 0 bridgehead atoms. The lowest BCUT2D eigenvalue weighted by Crippen LogP contribution is -2.25. The molecule has 0 saturated heterocycles. The molecule has 0 aromatic heterocycles. The zero-order valence-electron chi connectivity index (χ0n) is 11.6. The van der Waals surface area contributed by atoms with Crippen LogP contribution >= 0.6 is 24.8 Å². The summed E-state index contributed by atoms with van der Waals surface area (Å²) in [6.07, 6.45) is 1.06. The standard InChI is InChI=1S/C14H22N2O.2ClH/c1-3-16(4-2)12-8-11-15-13-9-6-5-7-10-14(13)17;;/h5-7,9-10H,3-4,8,11-12H2,1-2H3,(H,15,17);2*1H. The third-order valence-electron chi connectivity index (χ3n) is 2.86. The second-order valence-corrected chi connectivity index (χ2v) is 4.00. The Hall–Kier alpha value is -0.770. The van der Waals surface area contributed by atoms with Crippen molar-refractivity contribution in [2.75, 3.05) is 31.5 Å². The van der Waals surface area contributed by atoms with Crippen LogP contribution in [0.4, 0.5) is 5.69 Å². The average molecular weight is 307 g/mol. The first kappa shape index (κ1) is 20.5. The summed E-state index contributed by atoms with van der Waals surface area (Å²) in [5.74, 6) is 0. The molecule has 0 saturated carbocycles. The summed E-state index contributed by atoms with van der Waals surface area (Å²) in [5.41, 5.74) is 0.743. The van der Waals surface area contributed by atoms with E-state index in [1.807, 2.05) is 18.2 Å². The van der Waals surface area contributed by atoms with Gasteiger partial charge in [-0.1, -0.05) is 32.0 Å². The van der Waals surface area contributed by atoms with E-state index in [2.05, 4.69) is 24.1 Å². The molecule has 0 radical (unpaired) electrons. The van der Waals surface area contributed by atoms with Gasteiger partial charge in [0, 0.05) is 6.54 Å². The first-order chi connectivity index (χ1) is 8.27. The van der Waals surface area contributed by atoms with Crippen LogP contribution in [0.2, 0.25) is 0 Å². The minimum Gasteiger partial charge on any atom is -0.382 e. The van der Waals surface area contributed by atoms with E-state index in [1.165, 1.54) is 0 Å². The summed E-state index contributed by atoms with van der Waals surface area (Å²) in [6, 6.07) is 8.94. The smallest absolute Gasteiger partial charge is 0.201 e. The van der Waals surface area contributed by atoms with E-state index in [1.54, 1.807) is 12.1 Å². The molecule has 1 N–H and O–H groups in total. The largest absolute Gasteiger partial charge is 0.382 e. The highest BCUT2D eigenvalue weighted by atomic mass is 35.5. The van der Waals surface area contributed by atoms with Crippen LogP contribution in [-0.4, -0.2) is 31.1 Å². The molecule has 0 atom stereocenters. The molecule has 0 heterocycles. The van der Waals surface area contributed by atoms with Crippen LogP contribution in [-0.2, 0) is 0 Å². The third kappa shape index (κ3) is 8.09. The molecule has 0 spiro atoms. The fraction of sp³-hybridized carbons (Fsp3) is 0.500. The maximum atomic E-state index is 11.6. The summed E-state index contributed by atoms with van der Waals surface area (Å²) in [6.45, 7) is 8.43. The highest BCUT2D eigenvalue weighted by Gasteiger charge is 1.99. The van der Waals surface area contributed by atoms with Crippen molar-refractivity contribution in [3.8, 4) is 0 Å². The van der Waals surface area contributed by atoms with Gasteiger partial charge < -0.3 is 10.2 Å². The van der Waals surface area contributed by atoms with Crippen molar-refractivity contribution in [2.24, 2.45) is 0 Å². The minimum absolute atomic E-state index is 0. The van der Waals surface area contributed by atoms with Gasteiger partial charge in [-0.2, -0.15) is 0 Å². The Kier molecular flexibility index (Phi) is 13.3. The SMILES string of the molecule is CCN(CC)CCCNc1cccccc1=O.Cl.Cl. The van der Waals surface area contributed by atoms with E-state index in [0.717, 1.165) is 32.6 Å². The number of nitrogens with zero attached hydrogens (tertiary/aromatic N) is 1. The van der Waals surface area contributed by atoms with Gasteiger partial charge in [-0.25, -0.2) is 0 Å². The molecule has 19 heavy (non-hydrogen) atoms. The molecule has 0 unspecified atom stereocenters. The number of hydrogen-bond donors (Lipinski definition) is 1. The topological polar surface area (TPSA) is 32.3 Å². The van der Waals surface area contributed by atoms with Crippen molar-refractivity contribution < 1.29 is 0 Å². The van der Waals surface area contributed by atoms with E-state index in [4.69, 9.17) is 0 Å². The van der Waals surface area contributed by atoms with Crippen LogP contribution in [0.3, 0.4) is 0 Å². The van der Waals surface area contributed by atoms with Crippen molar-refractivity contribution in [3.05, 3.63) is 40.6 Å². The van der Waals surface area contributed by atoms with E-state index < -0.39 is 0 Å². The summed E-state index contributed by atoms with van der Waals surface area (Å²) in [5, 5.41) is 3.20. The summed E-state index contributed by atoms with van der Waals surface area (Å²) in [4.78, 5) is 14.0. The van der Waals surface area contributed by atoms with Crippen molar-refractivity contribution in [1.29, 1.82) is 0 Å². The van der Waals surface area contributed by atoms with Crippen molar-refractivity contribution >= 4 is 30.5 Å². The Morgan fingerprint density at radius 3 is 2.32 bits per heavy atom. The molecule has 1 rings (SSSR count). The van der Waals surface area contributed by atoms with Gasteiger partial charge in [0.05, 0.1) is 5.69 Å². The molecule has 0 amide bonds. The molecule has 0 aliphatic carbocycles. The zero-order chi connectivity index (χ0) is 12.5. The molecule has 1 aromatic rings. The van der Waals surface area contributed by atoms with Crippen LogP contribution in [0, 0.1) is 0 Å². The quantitative estimate of drug-likeness (QED) is 0.786. The van der Waals surface area contributed by atoms with Crippen LogP contribution in [0.15, 0.2) is 35.1 Å². The zero-order valence-corrected chi connectivity index (χ0v) is 13.2. The Bertz CT molecular complexity index is 384. The molecular formula is C14H24Cl2N2O. The molecular weight excluding hydrogens is 283 g/mol. The molecule has 110 valence electrons. The van der Waals surface area contributed by atoms with Crippen LogP contribution in [0.1, 0.15) is 20.3 Å². The number of rotatable bonds is 7. The highest BCUT2D eigenvalue weighted by molar-refractivity contribution is 5.85. The Balaban J connectivity index is 0. The summed E-state index contributed by atoms with van der Waals surface area (Å²) >= 11 is 0. The normalized spacial score (nSPS) is 9.42. The van der Waals surface area contributed by atoms with E-state index >= 15 is 0 Å². The fourth-order valence-corrected chi connectivity index (χ4v) is 1.74. The van der Waals surface area contributed by atoms with E-state index in [0.29, 0.717) is 5.69 Å². The third-order valence-corrected chi connectivity index (χ3v) is 2.86. The van der Waals surface area contributed by atoms with E-state index in [-0.39, 0.29) is 30.2 Å². The molecule has 3 nitrogen and oxygen atoms in total. The van der Waals surface area contributed by atoms with Gasteiger partial charge in [0.15, 0.2) is 0 Å². The summed E-state index contributed by atoms with van der Waals surface area (Å²) < 4.78 is 0. The second kappa shape index (κ2) is 12.3. The van der Waals surface area contributed by atoms with Crippen molar-refractivity contribution in [2.45, 2.75) is 20.3 Å². The number of nitrogens with one attached hydrogen (secondary N) is 1. The minimum atomic E-state index is 0. The molecule has 0 aliphatic rings. The fourth-order valence-electron chi connectivity index (χ4n) is 1.74. The predicted molar refractivity (Wildman–Crippen MR) is 88.1 cm³/mol. The van der Waals surface area contributed by atoms with Gasteiger partial charge in [-0.15, -0.1) is 24.8 Å². The molecule has 0 aliphatic heterocycles. The van der Waals surface area contributed by atoms with Gasteiger partial charge in [0.1, 0.15) is 0 Å². The van der Waals surface area contributed by atoms with Gasteiger partial charge in [0.25, 0.3) is 0 Å². The van der Waals surface area contributed by atoms with Crippen molar-refractivity contribution in [3.63, 3.8) is 0 Å². The van der Waals surface area contributed by atoms with Gasteiger partial charge in [0.2, 0.25) is 5.43 Å². The van der Waals surface area contributed by atoms with Gasteiger partial charge in [-0.05, 0) is 38.2 Å². The molecule has 0 fully saturated rings. The Morgan fingerprint density at radius 2 is 1.68 bits per heavy atom. The van der Waals surface area contributed by atoms with E-state index in [9.17, 15) is 4.79 Å². The monoisotopic (exact) mass is 306 g/mol. The van der Waals surface area contributed by atoms with Gasteiger partial charge in [-0.3, -0.25) is 4.79 Å². The molecule has 5 heteroatoms. The lowest BCUT2D eigenvalue weighted by molar-refractivity contribution is 0.303.